The smallest absolute Gasteiger partial charge is 0.256 e. The van der Waals surface area contributed by atoms with Gasteiger partial charge in [-0.15, -0.1) is 6.07 Å². The largest absolute Gasteiger partial charge is 0.494 e. The van der Waals surface area contributed by atoms with Crippen molar-refractivity contribution in [2.75, 3.05) is 6.61 Å². The zero-order valence-corrected chi connectivity index (χ0v) is 15.4. The van der Waals surface area contributed by atoms with E-state index in [1.54, 1.807) is 18.2 Å². The van der Waals surface area contributed by atoms with Gasteiger partial charge >= 0.3 is 0 Å². The van der Waals surface area contributed by atoms with Crippen LogP contribution in [-0.4, -0.2) is 17.6 Å². The molecule has 0 aliphatic heterocycles. The van der Waals surface area contributed by atoms with E-state index in [1.165, 1.54) is 12.1 Å². The van der Waals surface area contributed by atoms with Gasteiger partial charge in [-0.3, -0.25) is 4.79 Å². The predicted molar refractivity (Wildman–Crippen MR) is 77.2 cm³/mol. The normalized spacial score (nSPS) is 10.4. The minimum Gasteiger partial charge on any atom is -0.494 e. The van der Waals surface area contributed by atoms with E-state index in [-0.39, 0.29) is 38.4 Å². The summed E-state index contributed by atoms with van der Waals surface area (Å²) in [6, 6.07) is 10.3. The molecule has 0 N–H and O–H groups in total. The fraction of sp³-hybridized carbons (Fsp3) is 0.267. The van der Waals surface area contributed by atoms with Crippen LogP contribution in [-0.2, 0) is 39.3 Å². The van der Waals surface area contributed by atoms with E-state index < -0.39 is 18.5 Å². The third-order valence-electron chi connectivity index (χ3n) is 2.81. The first-order valence-corrected chi connectivity index (χ1v) is 6.73. The van der Waals surface area contributed by atoms with Gasteiger partial charge in [0.1, 0.15) is 5.75 Å². The number of nitrogens with zero attached hydrogens (tertiary/aromatic N) is 1. The van der Waals surface area contributed by atoms with Crippen molar-refractivity contribution in [1.82, 2.24) is 4.57 Å². The summed E-state index contributed by atoms with van der Waals surface area (Å²) in [5, 5.41) is 0.311. The van der Waals surface area contributed by atoms with Crippen molar-refractivity contribution in [2.45, 2.75) is 19.9 Å². The van der Waals surface area contributed by atoms with E-state index >= 15 is 0 Å². The maximum atomic E-state index is 12.6. The van der Waals surface area contributed by atoms with Gasteiger partial charge in [0.15, 0.2) is 5.56 Å². The van der Waals surface area contributed by atoms with Crippen molar-refractivity contribution < 1.29 is 46.2 Å². The second-order valence-electron chi connectivity index (χ2n) is 4.24. The van der Waals surface area contributed by atoms with Crippen LogP contribution in [0.1, 0.15) is 6.92 Å². The summed E-state index contributed by atoms with van der Waals surface area (Å²) < 4.78 is 31.5. The van der Waals surface area contributed by atoms with Gasteiger partial charge in [0.2, 0.25) is 0 Å². The molecule has 0 aliphatic rings. The van der Waals surface area contributed by atoms with Gasteiger partial charge in [-0.05, 0) is 24.1 Å². The number of hydrogen-bond acceptors (Lipinski definition) is 2. The predicted octanol–water partition coefficient (Wildman–Crippen LogP) is 3.63. The summed E-state index contributed by atoms with van der Waals surface area (Å²) in [6.45, 7) is 1.63. The fourth-order valence-electron chi connectivity index (χ4n) is 1.96. The number of hydrogen-bond donors (Lipinski definition) is 0. The van der Waals surface area contributed by atoms with Gasteiger partial charge in [-0.2, -0.15) is 12.1 Å². The summed E-state index contributed by atoms with van der Waals surface area (Å²) in [6.07, 6.45) is -2.64. The minimum atomic E-state index is -2.64. The van der Waals surface area contributed by atoms with Crippen LogP contribution in [0.5, 0.6) is 5.75 Å². The molecular formula is C15H13ClF2NO2Y-. The number of rotatable bonds is 5. The minimum absolute atomic E-state index is 0. The van der Waals surface area contributed by atoms with Crippen molar-refractivity contribution in [3.8, 4) is 17.0 Å². The van der Waals surface area contributed by atoms with Crippen LogP contribution in [0.4, 0.5) is 8.78 Å². The van der Waals surface area contributed by atoms with E-state index in [9.17, 15) is 13.6 Å². The molecule has 0 atom stereocenters. The zero-order chi connectivity index (χ0) is 15.4. The van der Waals surface area contributed by atoms with Gasteiger partial charge in [0, 0.05) is 32.7 Å². The van der Waals surface area contributed by atoms with Crippen LogP contribution in [0.2, 0.25) is 5.02 Å². The molecule has 0 fully saturated rings. The summed E-state index contributed by atoms with van der Waals surface area (Å²) in [4.78, 5) is 11.8. The van der Waals surface area contributed by atoms with Gasteiger partial charge in [-0.1, -0.05) is 28.9 Å². The Kier molecular flexibility index (Phi) is 7.67. The van der Waals surface area contributed by atoms with Crippen molar-refractivity contribution in [1.29, 1.82) is 0 Å². The SMILES string of the molecule is CCOc1ccc(-c2[c-]ccc(=O)n2CC(F)F)c(Cl)c1.[Y]. The molecule has 1 aromatic carbocycles. The Hall–Kier alpha value is -0.776. The summed E-state index contributed by atoms with van der Waals surface area (Å²) in [5.41, 5.74) is 0.170. The molecule has 0 aliphatic carbocycles. The number of alkyl halides is 2. The monoisotopic (exact) mass is 401 g/mol. The first-order chi connectivity index (χ1) is 10.0. The average molecular weight is 402 g/mol. The third kappa shape index (κ3) is 4.61. The first kappa shape index (κ1) is 19.3. The Bertz CT molecular complexity index is 691. The molecule has 1 aromatic heterocycles. The molecule has 0 saturated heterocycles. The van der Waals surface area contributed by atoms with Crippen LogP contribution >= 0.6 is 11.6 Å². The van der Waals surface area contributed by atoms with Crippen molar-refractivity contribution in [3.05, 3.63) is 51.8 Å². The Morgan fingerprint density at radius 1 is 1.36 bits per heavy atom. The fourth-order valence-corrected chi connectivity index (χ4v) is 2.22. The standard InChI is InChI=1S/C15H13ClF2NO2.Y/c1-2-21-10-6-7-11(12(16)8-10)13-4-3-5-15(20)19(13)9-14(17)18;/h3,5-8,14H,2,9H2,1H3;/q-1;. The molecule has 2 aromatic rings. The number of ether oxygens (including phenoxy) is 1. The average Bonchev–Trinajstić information content (AvgIpc) is 2.42. The van der Waals surface area contributed by atoms with Gasteiger partial charge < -0.3 is 9.30 Å². The summed E-state index contributed by atoms with van der Waals surface area (Å²) in [7, 11) is 0. The molecule has 0 spiro atoms. The van der Waals surface area contributed by atoms with E-state index in [2.05, 4.69) is 6.07 Å². The Balaban J connectivity index is 0.00000242. The molecule has 0 unspecified atom stereocenters. The van der Waals surface area contributed by atoms with Crippen molar-refractivity contribution in [2.24, 2.45) is 0 Å². The molecule has 1 heterocycles. The summed E-state index contributed by atoms with van der Waals surface area (Å²) in [5.74, 6) is 0.574. The van der Waals surface area contributed by atoms with Crippen LogP contribution in [0, 0.1) is 6.07 Å². The van der Waals surface area contributed by atoms with E-state index in [1.807, 2.05) is 6.92 Å². The first-order valence-electron chi connectivity index (χ1n) is 6.35. The molecule has 2 rings (SSSR count). The van der Waals surface area contributed by atoms with Crippen molar-refractivity contribution in [3.63, 3.8) is 0 Å². The van der Waals surface area contributed by atoms with E-state index in [0.717, 1.165) is 4.57 Å². The maximum Gasteiger partial charge on any atom is 0.256 e. The zero-order valence-electron chi connectivity index (χ0n) is 11.9. The molecule has 115 valence electrons. The molecule has 0 saturated carbocycles. The molecular weight excluding hydrogens is 389 g/mol. The number of pyridine rings is 1. The molecule has 1 radical (unpaired) electrons. The Morgan fingerprint density at radius 3 is 2.68 bits per heavy atom. The second-order valence-corrected chi connectivity index (χ2v) is 4.65. The van der Waals surface area contributed by atoms with Gasteiger partial charge in [-0.25, -0.2) is 8.78 Å². The number of benzene rings is 1. The molecule has 0 bridgehead atoms. The topological polar surface area (TPSA) is 31.2 Å². The van der Waals surface area contributed by atoms with Crippen molar-refractivity contribution >= 4 is 11.6 Å². The van der Waals surface area contributed by atoms with E-state index in [4.69, 9.17) is 16.3 Å². The summed E-state index contributed by atoms with van der Waals surface area (Å²) >= 11 is 6.16. The second kappa shape index (κ2) is 8.75. The molecule has 7 heteroatoms. The molecule has 22 heavy (non-hydrogen) atoms. The van der Waals surface area contributed by atoms with Crippen LogP contribution in [0.3, 0.4) is 0 Å². The van der Waals surface area contributed by atoms with E-state index in [0.29, 0.717) is 22.9 Å². The van der Waals surface area contributed by atoms with Crippen LogP contribution < -0.4 is 10.3 Å². The Morgan fingerprint density at radius 2 is 2.09 bits per heavy atom. The maximum absolute atomic E-state index is 12.6. The molecule has 0 amide bonds. The number of halogens is 3. The number of aromatic nitrogens is 1. The quantitative estimate of drug-likeness (QED) is 0.717. The van der Waals surface area contributed by atoms with Crippen LogP contribution in [0.25, 0.3) is 11.3 Å². The Labute approximate surface area is 157 Å². The third-order valence-corrected chi connectivity index (χ3v) is 3.12. The molecule has 3 nitrogen and oxygen atoms in total. The van der Waals surface area contributed by atoms with Crippen LogP contribution in [0.15, 0.2) is 35.1 Å². The van der Waals surface area contributed by atoms with Gasteiger partial charge in [0.05, 0.1) is 13.2 Å². The van der Waals surface area contributed by atoms with Gasteiger partial charge in [0.25, 0.3) is 6.43 Å².